The number of carbonyl (C=O) groups excluding carboxylic acids is 1. The first kappa shape index (κ1) is 25.4. The minimum Gasteiger partial charge on any atom is -0.495 e. The summed E-state index contributed by atoms with van der Waals surface area (Å²) in [6.07, 6.45) is 1.23. The van der Waals surface area contributed by atoms with Crippen molar-refractivity contribution in [2.75, 3.05) is 39.7 Å². The first-order valence-corrected chi connectivity index (χ1v) is 12.0. The van der Waals surface area contributed by atoms with E-state index in [1.807, 2.05) is 30.3 Å². The van der Waals surface area contributed by atoms with E-state index in [4.69, 9.17) is 36.0 Å². The number of anilines is 1. The quantitative estimate of drug-likeness (QED) is 0.556. The third kappa shape index (κ3) is 5.91. The average Bonchev–Trinajstić information content (AvgIpc) is 3.29. The maximum Gasteiger partial charge on any atom is 0.414 e. The van der Waals surface area contributed by atoms with E-state index in [2.05, 4.69) is 20.7 Å². The summed E-state index contributed by atoms with van der Waals surface area (Å²) < 4.78 is 21.3. The zero-order valence-corrected chi connectivity index (χ0v) is 21.4. The number of thiocarbonyl (C=S) groups is 1. The first-order valence-electron chi connectivity index (χ1n) is 11.6. The highest BCUT2D eigenvalue weighted by Gasteiger charge is 2.44. The van der Waals surface area contributed by atoms with Gasteiger partial charge in [-0.1, -0.05) is 23.4 Å². The predicted octanol–water partition coefficient (Wildman–Crippen LogP) is 3.90. The normalized spacial score (nSPS) is 16.0. The fourth-order valence-corrected chi connectivity index (χ4v) is 4.47. The third-order valence-electron chi connectivity index (χ3n) is 6.22. The molecule has 2 aromatic carbocycles. The summed E-state index contributed by atoms with van der Waals surface area (Å²) in [5.74, 6) is 2.20. The van der Waals surface area contributed by atoms with E-state index >= 15 is 0 Å². The Kier molecular flexibility index (Phi) is 7.99. The Hall–Kier alpha value is -3.73. The lowest BCUT2D eigenvalue weighted by molar-refractivity contribution is -0.0521. The smallest absolute Gasteiger partial charge is 0.414 e. The van der Waals surface area contributed by atoms with Crippen LogP contribution in [0.25, 0.3) is 0 Å². The fraction of sp³-hybridized carbons (Fsp3) is 0.400. The highest BCUT2D eigenvalue weighted by molar-refractivity contribution is 7.80. The van der Waals surface area contributed by atoms with Crippen molar-refractivity contribution in [3.05, 3.63) is 48.0 Å². The molecule has 0 saturated carbocycles. The number of methoxy groups -OCH3 is 3. The van der Waals surface area contributed by atoms with Crippen LogP contribution in [-0.4, -0.2) is 62.0 Å². The second-order valence-electron chi connectivity index (χ2n) is 8.49. The Morgan fingerprint density at radius 1 is 1.06 bits per heavy atom. The van der Waals surface area contributed by atoms with Crippen LogP contribution in [0.15, 0.2) is 47.6 Å². The number of amides is 1. The molecule has 4 rings (SSSR count). The molecule has 1 fully saturated rings. The molecule has 2 aliphatic heterocycles. The van der Waals surface area contributed by atoms with Crippen LogP contribution in [0.5, 0.6) is 17.2 Å². The van der Waals surface area contributed by atoms with Crippen molar-refractivity contribution < 1.29 is 28.6 Å². The van der Waals surface area contributed by atoms with E-state index < -0.39 is 11.7 Å². The van der Waals surface area contributed by atoms with Crippen molar-refractivity contribution in [3.63, 3.8) is 0 Å². The van der Waals surface area contributed by atoms with Crippen molar-refractivity contribution in [2.45, 2.75) is 31.4 Å². The van der Waals surface area contributed by atoms with Gasteiger partial charge in [-0.05, 0) is 42.0 Å². The zero-order chi connectivity index (χ0) is 25.5. The van der Waals surface area contributed by atoms with Gasteiger partial charge in [-0.25, -0.2) is 4.79 Å². The number of benzene rings is 2. The fourth-order valence-electron chi connectivity index (χ4n) is 4.18. The topological polar surface area (TPSA) is 103 Å². The zero-order valence-electron chi connectivity index (χ0n) is 20.5. The van der Waals surface area contributed by atoms with E-state index in [-0.39, 0.29) is 12.4 Å². The number of likely N-dealkylation sites (tertiary alicyclic amines) is 1. The van der Waals surface area contributed by atoms with Gasteiger partial charge < -0.3 is 39.3 Å². The molecule has 2 heterocycles. The van der Waals surface area contributed by atoms with E-state index in [0.717, 1.165) is 17.0 Å². The number of nitrogens with zero attached hydrogens (tertiary/aromatic N) is 2. The van der Waals surface area contributed by atoms with Crippen LogP contribution in [-0.2, 0) is 16.1 Å². The van der Waals surface area contributed by atoms with Gasteiger partial charge in [-0.15, -0.1) is 0 Å². The Balaban J connectivity index is 1.22. The maximum absolute atomic E-state index is 12.3. The van der Waals surface area contributed by atoms with E-state index in [1.165, 1.54) is 0 Å². The first-order chi connectivity index (χ1) is 17.4. The van der Waals surface area contributed by atoms with Crippen molar-refractivity contribution in [1.29, 1.82) is 0 Å². The minimum absolute atomic E-state index is 0.267. The van der Waals surface area contributed by atoms with E-state index in [1.54, 1.807) is 33.5 Å². The van der Waals surface area contributed by atoms with Crippen molar-refractivity contribution in [3.8, 4) is 17.2 Å². The summed E-state index contributed by atoms with van der Waals surface area (Å²) in [5, 5.41) is 10.6. The molecule has 0 aromatic heterocycles. The Morgan fingerprint density at radius 2 is 1.78 bits per heavy atom. The Bertz CT molecular complexity index is 1130. The van der Waals surface area contributed by atoms with Gasteiger partial charge in [-0.2, -0.15) is 0 Å². The van der Waals surface area contributed by atoms with Gasteiger partial charge in [0.15, 0.2) is 16.6 Å². The summed E-state index contributed by atoms with van der Waals surface area (Å²) in [6, 6.07) is 13.1. The number of piperidine rings is 1. The molecule has 192 valence electrons. The standard InChI is InChI=1S/C25H30N4O6S/c1-31-19-7-5-4-6-18(19)27-23(36)29-12-10-25(11-13-29)15-22(28-35-25)34-24(30)26-16-17-8-9-20(32-2)21(14-17)33-3/h4-9,14H,10-13,15-16H2,1-3H3,(H,26,30)(H,27,36). The number of hydrogen-bond donors (Lipinski definition) is 2. The van der Waals surface area contributed by atoms with Gasteiger partial charge in [0, 0.05) is 32.5 Å². The summed E-state index contributed by atoms with van der Waals surface area (Å²) in [5.41, 5.74) is 1.17. The monoisotopic (exact) mass is 514 g/mol. The SMILES string of the molecule is COc1ccccc1NC(=S)N1CCC2(CC1)CC(OC(=O)NCc1ccc(OC)c(OC)c1)=NO2. The number of carbonyl (C=O) groups is 1. The lowest BCUT2D eigenvalue weighted by atomic mass is 9.88. The summed E-state index contributed by atoms with van der Waals surface area (Å²) >= 11 is 5.60. The van der Waals surface area contributed by atoms with Gasteiger partial charge in [0.1, 0.15) is 11.4 Å². The molecule has 1 saturated heterocycles. The molecule has 2 N–H and O–H groups in total. The molecule has 0 unspecified atom stereocenters. The summed E-state index contributed by atoms with van der Waals surface area (Å²) in [6.45, 7) is 1.65. The van der Waals surface area contributed by atoms with Gasteiger partial charge in [0.05, 0.1) is 33.4 Å². The number of hydrogen-bond acceptors (Lipinski definition) is 8. The Morgan fingerprint density at radius 3 is 2.50 bits per heavy atom. The highest BCUT2D eigenvalue weighted by atomic mass is 32.1. The van der Waals surface area contributed by atoms with Crippen molar-refractivity contribution in [1.82, 2.24) is 10.2 Å². The molecule has 0 atom stereocenters. The van der Waals surface area contributed by atoms with Crippen molar-refractivity contribution >= 4 is 35.0 Å². The minimum atomic E-state index is -0.594. The van der Waals surface area contributed by atoms with Gasteiger partial charge in [0.25, 0.3) is 0 Å². The van der Waals surface area contributed by atoms with Gasteiger partial charge >= 0.3 is 6.09 Å². The molecule has 1 amide bonds. The van der Waals surface area contributed by atoms with Crippen LogP contribution in [0.2, 0.25) is 0 Å². The lowest BCUT2D eigenvalue weighted by Crippen LogP contribution is -2.48. The molecule has 2 aliphatic rings. The van der Waals surface area contributed by atoms with Crippen molar-refractivity contribution in [2.24, 2.45) is 5.16 Å². The number of oxime groups is 1. The molecule has 36 heavy (non-hydrogen) atoms. The van der Waals surface area contributed by atoms with E-state index in [0.29, 0.717) is 49.0 Å². The number of ether oxygens (including phenoxy) is 4. The largest absolute Gasteiger partial charge is 0.495 e. The molecule has 1 spiro atoms. The number of rotatable bonds is 6. The number of para-hydroxylation sites is 2. The van der Waals surface area contributed by atoms with Crippen LogP contribution >= 0.6 is 12.2 Å². The molecule has 10 nitrogen and oxygen atoms in total. The van der Waals surface area contributed by atoms with Crippen LogP contribution in [0, 0.1) is 0 Å². The summed E-state index contributed by atoms with van der Waals surface area (Å²) in [4.78, 5) is 20.1. The molecule has 0 bridgehead atoms. The molecule has 2 aromatic rings. The van der Waals surface area contributed by atoms with Crippen LogP contribution in [0.1, 0.15) is 24.8 Å². The second kappa shape index (κ2) is 11.3. The number of nitrogens with one attached hydrogen (secondary N) is 2. The lowest BCUT2D eigenvalue weighted by Gasteiger charge is -2.38. The van der Waals surface area contributed by atoms with Gasteiger partial charge in [0.2, 0.25) is 5.90 Å². The van der Waals surface area contributed by atoms with Gasteiger partial charge in [-0.3, -0.25) is 0 Å². The molecule has 0 radical (unpaired) electrons. The predicted molar refractivity (Wildman–Crippen MR) is 139 cm³/mol. The molecule has 11 heteroatoms. The van der Waals surface area contributed by atoms with E-state index in [9.17, 15) is 4.79 Å². The maximum atomic E-state index is 12.3. The summed E-state index contributed by atoms with van der Waals surface area (Å²) in [7, 11) is 4.76. The third-order valence-corrected chi connectivity index (χ3v) is 6.58. The Labute approximate surface area is 215 Å². The van der Waals surface area contributed by atoms with Crippen LogP contribution < -0.4 is 24.8 Å². The number of alkyl carbamates (subject to hydrolysis) is 1. The molecular formula is C25H30N4O6S. The highest BCUT2D eigenvalue weighted by Crippen LogP contribution is 2.35. The van der Waals surface area contributed by atoms with Crippen LogP contribution in [0.3, 0.4) is 0 Å². The second-order valence-corrected chi connectivity index (χ2v) is 8.87. The average molecular weight is 515 g/mol. The van der Waals surface area contributed by atoms with Crippen LogP contribution in [0.4, 0.5) is 10.5 Å². The molecule has 0 aliphatic carbocycles. The molecular weight excluding hydrogens is 484 g/mol.